The number of fused-ring (bicyclic) bond motifs is 1. The van der Waals surface area contributed by atoms with Gasteiger partial charge in [-0.3, -0.25) is 4.79 Å². The fourth-order valence-corrected chi connectivity index (χ4v) is 3.33. The second-order valence-electron chi connectivity index (χ2n) is 5.33. The van der Waals surface area contributed by atoms with E-state index in [1.54, 1.807) is 24.3 Å². The molecule has 1 N–H and O–H groups in total. The Balaban J connectivity index is 2.43. The van der Waals surface area contributed by atoms with Gasteiger partial charge in [0.1, 0.15) is 5.75 Å². The summed E-state index contributed by atoms with van der Waals surface area (Å²) in [7, 11) is -3.78. The van der Waals surface area contributed by atoms with Crippen LogP contribution in [0.4, 0.5) is 0 Å². The fourth-order valence-electron chi connectivity index (χ4n) is 2.44. The molecule has 106 valence electrons. The number of sulfone groups is 1. The molecule has 0 atom stereocenters. The summed E-state index contributed by atoms with van der Waals surface area (Å²) in [6, 6.07) is 6.83. The lowest BCUT2D eigenvalue weighted by atomic mass is 10.2. The Kier molecular flexibility index (Phi) is 2.86. The summed E-state index contributed by atoms with van der Waals surface area (Å²) in [5.74, 6) is -0.0202. The summed E-state index contributed by atoms with van der Waals surface area (Å²) in [6.45, 7) is 0.502. The van der Waals surface area contributed by atoms with Crippen LogP contribution in [0.5, 0.6) is 5.75 Å². The van der Waals surface area contributed by atoms with Crippen LogP contribution in [0.1, 0.15) is 12.8 Å². The number of aromatic hydroxyl groups is 1. The first-order valence-electron chi connectivity index (χ1n) is 6.44. The smallest absolute Gasteiger partial charge is 0.273 e. The van der Waals surface area contributed by atoms with E-state index in [0.29, 0.717) is 23.4 Å². The number of pyridine rings is 1. The molecule has 1 aromatic carbocycles. The number of rotatable bonds is 3. The van der Waals surface area contributed by atoms with Crippen LogP contribution in [0.2, 0.25) is 0 Å². The fraction of sp³-hybridized carbons (Fsp3) is 0.357. The molecule has 0 amide bonds. The average Bonchev–Trinajstić information content (AvgIpc) is 3.17. The van der Waals surface area contributed by atoms with E-state index in [-0.39, 0.29) is 0 Å². The molecule has 0 saturated heterocycles. The zero-order valence-electron chi connectivity index (χ0n) is 11.0. The van der Waals surface area contributed by atoms with Crippen LogP contribution in [0.15, 0.2) is 34.0 Å². The Morgan fingerprint density at radius 3 is 2.55 bits per heavy atom. The first-order valence-corrected chi connectivity index (χ1v) is 8.33. The lowest BCUT2D eigenvalue weighted by Gasteiger charge is -2.13. The highest BCUT2D eigenvalue weighted by molar-refractivity contribution is 7.90. The van der Waals surface area contributed by atoms with Gasteiger partial charge < -0.3 is 9.67 Å². The van der Waals surface area contributed by atoms with E-state index < -0.39 is 26.0 Å². The Hall–Kier alpha value is -1.82. The standard InChI is InChI=1S/C14H15NO4S/c1-20(18,19)13-12(16)10-4-2-3-5-11(10)15(14(13)17)8-9-6-7-9/h2-5,9,16H,6-8H2,1H3. The number of hydrogen-bond acceptors (Lipinski definition) is 4. The minimum absolute atomic E-state index is 0.396. The molecule has 1 aliphatic rings. The molecule has 1 fully saturated rings. The largest absolute Gasteiger partial charge is 0.506 e. The van der Waals surface area contributed by atoms with E-state index in [4.69, 9.17) is 0 Å². The average molecular weight is 293 g/mol. The third-order valence-corrected chi connectivity index (χ3v) is 4.72. The van der Waals surface area contributed by atoms with Crippen molar-refractivity contribution in [2.24, 2.45) is 5.92 Å². The minimum atomic E-state index is -3.78. The summed E-state index contributed by atoms with van der Waals surface area (Å²) < 4.78 is 25.1. The third-order valence-electron chi connectivity index (χ3n) is 3.61. The topological polar surface area (TPSA) is 76.4 Å². The highest BCUT2D eigenvalue weighted by atomic mass is 32.2. The third kappa shape index (κ3) is 2.10. The van der Waals surface area contributed by atoms with E-state index in [9.17, 15) is 18.3 Å². The summed E-state index contributed by atoms with van der Waals surface area (Å²) in [4.78, 5) is 11.9. The maximum absolute atomic E-state index is 12.4. The minimum Gasteiger partial charge on any atom is -0.506 e. The molecule has 0 radical (unpaired) electrons. The molecule has 1 aliphatic carbocycles. The number of nitrogens with zero attached hydrogens (tertiary/aromatic N) is 1. The van der Waals surface area contributed by atoms with Gasteiger partial charge in [0, 0.05) is 18.2 Å². The van der Waals surface area contributed by atoms with Crippen molar-refractivity contribution in [1.29, 1.82) is 0 Å². The van der Waals surface area contributed by atoms with Crippen molar-refractivity contribution in [1.82, 2.24) is 4.57 Å². The van der Waals surface area contributed by atoms with Crippen molar-refractivity contribution >= 4 is 20.7 Å². The molecular formula is C14H15NO4S. The molecule has 6 heteroatoms. The van der Waals surface area contributed by atoms with Crippen molar-refractivity contribution in [3.63, 3.8) is 0 Å². The lowest BCUT2D eigenvalue weighted by molar-refractivity contribution is 0.458. The van der Waals surface area contributed by atoms with E-state index in [0.717, 1.165) is 19.1 Å². The molecule has 0 bridgehead atoms. The van der Waals surface area contributed by atoms with Gasteiger partial charge in [-0.15, -0.1) is 0 Å². The van der Waals surface area contributed by atoms with E-state index in [1.165, 1.54) is 4.57 Å². The van der Waals surface area contributed by atoms with E-state index in [1.807, 2.05) is 0 Å². The summed E-state index contributed by atoms with van der Waals surface area (Å²) in [6.07, 6.45) is 3.05. The molecular weight excluding hydrogens is 278 g/mol. The zero-order valence-corrected chi connectivity index (χ0v) is 11.9. The zero-order chi connectivity index (χ0) is 14.5. The molecule has 1 heterocycles. The van der Waals surface area contributed by atoms with Crippen LogP contribution in [0.25, 0.3) is 10.9 Å². The van der Waals surface area contributed by atoms with Gasteiger partial charge in [0.05, 0.1) is 5.52 Å². The molecule has 5 nitrogen and oxygen atoms in total. The molecule has 1 saturated carbocycles. The van der Waals surface area contributed by atoms with Crippen molar-refractivity contribution < 1.29 is 13.5 Å². The predicted molar refractivity (Wildman–Crippen MR) is 75.7 cm³/mol. The Morgan fingerprint density at radius 1 is 1.30 bits per heavy atom. The Morgan fingerprint density at radius 2 is 1.95 bits per heavy atom. The second-order valence-corrected chi connectivity index (χ2v) is 7.28. The number of benzene rings is 1. The Labute approximate surface area is 116 Å². The van der Waals surface area contributed by atoms with Crippen molar-refractivity contribution in [2.75, 3.05) is 6.26 Å². The van der Waals surface area contributed by atoms with E-state index >= 15 is 0 Å². The molecule has 3 rings (SSSR count). The van der Waals surface area contributed by atoms with Crippen LogP contribution < -0.4 is 5.56 Å². The van der Waals surface area contributed by atoms with Gasteiger partial charge in [-0.25, -0.2) is 8.42 Å². The monoisotopic (exact) mass is 293 g/mol. The number of para-hydroxylation sites is 1. The highest BCUT2D eigenvalue weighted by Gasteiger charge is 2.27. The van der Waals surface area contributed by atoms with Gasteiger partial charge in [0.15, 0.2) is 14.7 Å². The van der Waals surface area contributed by atoms with Crippen LogP contribution in [0.3, 0.4) is 0 Å². The summed E-state index contributed by atoms with van der Waals surface area (Å²) in [5, 5.41) is 10.5. The van der Waals surface area contributed by atoms with E-state index in [2.05, 4.69) is 0 Å². The Bertz CT molecular complexity index is 847. The van der Waals surface area contributed by atoms with Gasteiger partial charge in [-0.05, 0) is 30.9 Å². The van der Waals surface area contributed by atoms with Gasteiger partial charge >= 0.3 is 0 Å². The first-order chi connectivity index (χ1) is 9.39. The predicted octanol–water partition coefficient (Wildman–Crippen LogP) is 1.52. The molecule has 0 unspecified atom stereocenters. The molecule has 2 aromatic rings. The molecule has 0 aliphatic heterocycles. The van der Waals surface area contributed by atoms with Crippen LogP contribution in [-0.2, 0) is 16.4 Å². The lowest BCUT2D eigenvalue weighted by Crippen LogP contribution is -2.27. The van der Waals surface area contributed by atoms with Crippen molar-refractivity contribution in [3.8, 4) is 5.75 Å². The summed E-state index contributed by atoms with van der Waals surface area (Å²) in [5.41, 5.74) is -0.0510. The molecule has 0 spiro atoms. The quantitative estimate of drug-likeness (QED) is 0.931. The van der Waals surface area contributed by atoms with Gasteiger partial charge in [0.2, 0.25) is 0 Å². The molecule has 20 heavy (non-hydrogen) atoms. The molecule has 1 aromatic heterocycles. The maximum atomic E-state index is 12.4. The van der Waals surface area contributed by atoms with Gasteiger partial charge in [0.25, 0.3) is 5.56 Å². The summed E-state index contributed by atoms with van der Waals surface area (Å²) >= 11 is 0. The van der Waals surface area contributed by atoms with Crippen molar-refractivity contribution in [2.45, 2.75) is 24.3 Å². The highest BCUT2D eigenvalue weighted by Crippen LogP contribution is 2.33. The number of hydrogen-bond donors (Lipinski definition) is 1. The normalized spacial score (nSPS) is 15.7. The first kappa shape index (κ1) is 13.2. The number of aromatic nitrogens is 1. The second kappa shape index (κ2) is 4.34. The van der Waals surface area contributed by atoms with Gasteiger partial charge in [-0.2, -0.15) is 0 Å². The van der Waals surface area contributed by atoms with Crippen LogP contribution >= 0.6 is 0 Å². The van der Waals surface area contributed by atoms with Crippen LogP contribution in [-0.4, -0.2) is 24.3 Å². The SMILES string of the molecule is CS(=O)(=O)c1c(O)c2ccccc2n(CC2CC2)c1=O. The maximum Gasteiger partial charge on any atom is 0.273 e. The van der Waals surface area contributed by atoms with Crippen LogP contribution in [0, 0.1) is 5.92 Å². The van der Waals surface area contributed by atoms with Gasteiger partial charge in [-0.1, -0.05) is 12.1 Å². The van der Waals surface area contributed by atoms with Crippen molar-refractivity contribution in [3.05, 3.63) is 34.6 Å².